The number of alkyl halides is 2. The summed E-state index contributed by atoms with van der Waals surface area (Å²) >= 11 is 0. The maximum Gasteiger partial charge on any atom is 0.282 e. The van der Waals surface area contributed by atoms with E-state index in [1.54, 1.807) is 14.2 Å². The number of halogens is 2. The van der Waals surface area contributed by atoms with Crippen LogP contribution in [0.2, 0.25) is 0 Å². The molecule has 0 saturated heterocycles. The van der Waals surface area contributed by atoms with Gasteiger partial charge < -0.3 is 9.64 Å². The van der Waals surface area contributed by atoms with Gasteiger partial charge in [0.25, 0.3) is 6.43 Å². The first-order valence-electron chi connectivity index (χ1n) is 11.2. The minimum Gasteiger partial charge on any atom is -0.481 e. The highest BCUT2D eigenvalue weighted by Gasteiger charge is 2.31. The lowest BCUT2D eigenvalue weighted by Crippen LogP contribution is -2.33. The smallest absolute Gasteiger partial charge is 0.282 e. The second-order valence-electron chi connectivity index (χ2n) is 8.68. The van der Waals surface area contributed by atoms with Gasteiger partial charge in [0.05, 0.1) is 41.7 Å². The fourth-order valence-electron chi connectivity index (χ4n) is 5.00. The van der Waals surface area contributed by atoms with Crippen LogP contribution in [0.4, 0.5) is 14.6 Å². The first kappa shape index (κ1) is 22.9. The quantitative estimate of drug-likeness (QED) is 0.402. The van der Waals surface area contributed by atoms with Crippen LogP contribution in [0, 0.1) is 13.8 Å². The molecule has 0 bridgehead atoms. The van der Waals surface area contributed by atoms with Crippen molar-refractivity contribution in [3.05, 3.63) is 45.9 Å². The molecule has 0 N–H and O–H groups in total. The van der Waals surface area contributed by atoms with E-state index in [4.69, 9.17) is 14.7 Å². The first-order valence-corrected chi connectivity index (χ1v) is 11.2. The van der Waals surface area contributed by atoms with Crippen molar-refractivity contribution in [1.29, 1.82) is 0 Å². The van der Waals surface area contributed by atoms with Crippen LogP contribution in [0.15, 0.2) is 12.1 Å². The Balaban J connectivity index is 1.61. The number of rotatable bonds is 5. The van der Waals surface area contributed by atoms with Crippen LogP contribution >= 0.6 is 0 Å². The van der Waals surface area contributed by atoms with Crippen LogP contribution in [0.1, 0.15) is 45.0 Å². The molecule has 182 valence electrons. The highest BCUT2D eigenvalue weighted by Crippen LogP contribution is 2.37. The molecule has 0 amide bonds. The zero-order valence-electron chi connectivity index (χ0n) is 20.1. The monoisotopic (exact) mass is 481 g/mol. The summed E-state index contributed by atoms with van der Waals surface area (Å²) in [5.41, 5.74) is 4.78. The molecule has 0 unspecified atom stereocenters. The predicted octanol–water partition coefficient (Wildman–Crippen LogP) is 3.70. The zero-order valence-corrected chi connectivity index (χ0v) is 20.1. The summed E-state index contributed by atoms with van der Waals surface area (Å²) < 4.78 is 35.7. The fraction of sp³-hybridized carbons (Fsp3) is 0.375. The van der Waals surface area contributed by atoms with Gasteiger partial charge in [-0.05, 0) is 25.5 Å². The molecule has 5 rings (SSSR count). The molecule has 9 nitrogen and oxygen atoms in total. The summed E-state index contributed by atoms with van der Waals surface area (Å²) in [6.45, 7) is 4.76. The van der Waals surface area contributed by atoms with Crippen molar-refractivity contribution < 1.29 is 18.3 Å². The lowest BCUT2D eigenvalue weighted by molar-refractivity contribution is 0.110. The summed E-state index contributed by atoms with van der Waals surface area (Å²) in [6, 6.07) is 4.06. The van der Waals surface area contributed by atoms with E-state index in [1.165, 1.54) is 4.68 Å². The lowest BCUT2D eigenvalue weighted by Gasteiger charge is -2.31. The Hall–Kier alpha value is -3.89. The van der Waals surface area contributed by atoms with E-state index < -0.39 is 12.1 Å². The van der Waals surface area contributed by atoms with Crippen LogP contribution in [-0.4, -0.2) is 49.5 Å². The third-order valence-corrected chi connectivity index (χ3v) is 6.55. The molecule has 4 heterocycles. The summed E-state index contributed by atoms with van der Waals surface area (Å²) in [7, 11) is 5.01. The number of benzene rings is 1. The second kappa shape index (κ2) is 8.40. The summed E-state index contributed by atoms with van der Waals surface area (Å²) in [4.78, 5) is 23.2. The highest BCUT2D eigenvalue weighted by atomic mass is 19.3. The third kappa shape index (κ3) is 3.53. The lowest BCUT2D eigenvalue weighted by atomic mass is 10.00. The van der Waals surface area contributed by atoms with Crippen LogP contribution in [0.3, 0.4) is 0 Å². The summed E-state index contributed by atoms with van der Waals surface area (Å²) in [5.74, 6) is 1.32. The van der Waals surface area contributed by atoms with Gasteiger partial charge in [0.1, 0.15) is 11.5 Å². The van der Waals surface area contributed by atoms with E-state index in [0.717, 1.165) is 39.0 Å². The first-order chi connectivity index (χ1) is 16.7. The molecule has 35 heavy (non-hydrogen) atoms. The Morgan fingerprint density at radius 2 is 1.89 bits per heavy atom. The zero-order chi connectivity index (χ0) is 25.0. The number of carbonyl (C=O) groups is 1. The molecule has 11 heteroatoms. The van der Waals surface area contributed by atoms with Crippen LogP contribution in [0.25, 0.3) is 22.3 Å². The van der Waals surface area contributed by atoms with Gasteiger partial charge in [-0.3, -0.25) is 14.2 Å². The van der Waals surface area contributed by atoms with E-state index in [1.807, 2.05) is 42.6 Å². The number of aromatic nitrogens is 6. The molecule has 0 atom stereocenters. The largest absolute Gasteiger partial charge is 0.481 e. The molecular weight excluding hydrogens is 456 g/mol. The van der Waals surface area contributed by atoms with Crippen molar-refractivity contribution in [3.63, 3.8) is 0 Å². The average Bonchev–Trinajstić information content (AvgIpc) is 3.33. The molecule has 1 aromatic carbocycles. The molecule has 1 aliphatic rings. The molecule has 0 spiro atoms. The van der Waals surface area contributed by atoms with Gasteiger partial charge in [-0.1, -0.05) is 6.07 Å². The molecular formula is C24H25F2N7O2. The minimum absolute atomic E-state index is 0.100. The maximum absolute atomic E-state index is 13.4. The molecule has 0 saturated carbocycles. The number of ether oxygens (including phenoxy) is 1. The Morgan fingerprint density at radius 3 is 2.57 bits per heavy atom. The Bertz CT molecular complexity index is 1460. The Labute approximate surface area is 200 Å². The van der Waals surface area contributed by atoms with E-state index in [-0.39, 0.29) is 5.56 Å². The number of methoxy groups -OCH3 is 1. The molecule has 3 aromatic heterocycles. The third-order valence-electron chi connectivity index (χ3n) is 6.55. The number of anilines is 1. The standard InChI is InChI=1S/C24H25F2N7O2/c1-12-6-7-17-19(13(2)29-31(17)3)18(12)22-27-16-8-9-33(10-14(16)23(28-22)35-5)24-15(11-34)20(21(25)26)30-32(24)4/h6-7,11,21H,8-10H2,1-5H3. The minimum atomic E-state index is -2.84. The van der Waals surface area contributed by atoms with Gasteiger partial charge in [-0.2, -0.15) is 15.2 Å². The van der Waals surface area contributed by atoms with Gasteiger partial charge in [-0.15, -0.1) is 0 Å². The molecule has 0 radical (unpaired) electrons. The summed E-state index contributed by atoms with van der Waals surface area (Å²) in [5, 5.41) is 9.44. The number of hydrogen-bond acceptors (Lipinski definition) is 7. The molecule has 0 fully saturated rings. The van der Waals surface area contributed by atoms with E-state index in [0.29, 0.717) is 43.3 Å². The number of fused-ring (bicyclic) bond motifs is 2. The van der Waals surface area contributed by atoms with Gasteiger partial charge in [0.15, 0.2) is 12.1 Å². The van der Waals surface area contributed by atoms with E-state index in [2.05, 4.69) is 10.2 Å². The number of carbonyl (C=O) groups excluding carboxylic acids is 1. The average molecular weight is 482 g/mol. The molecule has 1 aliphatic heterocycles. The van der Waals surface area contributed by atoms with E-state index in [9.17, 15) is 13.6 Å². The van der Waals surface area contributed by atoms with E-state index >= 15 is 0 Å². The SMILES string of the molecule is COc1nc(-c2c(C)ccc3c2c(C)nn3C)nc2c1CN(c1c(C=O)c(C(F)F)nn1C)CC2. The maximum atomic E-state index is 13.4. The van der Waals surface area contributed by atoms with Crippen molar-refractivity contribution in [2.75, 3.05) is 18.6 Å². The van der Waals surface area contributed by atoms with Crippen molar-refractivity contribution in [2.45, 2.75) is 33.2 Å². The Morgan fingerprint density at radius 1 is 1.11 bits per heavy atom. The van der Waals surface area contributed by atoms with Crippen molar-refractivity contribution in [2.24, 2.45) is 14.1 Å². The van der Waals surface area contributed by atoms with Gasteiger partial charge >= 0.3 is 0 Å². The topological polar surface area (TPSA) is 91.0 Å². The van der Waals surface area contributed by atoms with Gasteiger partial charge in [-0.25, -0.2) is 13.8 Å². The fourth-order valence-corrected chi connectivity index (χ4v) is 5.00. The van der Waals surface area contributed by atoms with Gasteiger partial charge in [0, 0.05) is 38.0 Å². The van der Waals surface area contributed by atoms with Crippen molar-refractivity contribution >= 4 is 23.0 Å². The number of hydrogen-bond donors (Lipinski definition) is 0. The van der Waals surface area contributed by atoms with Gasteiger partial charge in [0.2, 0.25) is 5.88 Å². The molecule has 0 aliphatic carbocycles. The van der Waals surface area contributed by atoms with Crippen molar-refractivity contribution in [3.8, 4) is 17.3 Å². The number of aldehydes is 1. The number of nitrogens with zero attached hydrogens (tertiary/aromatic N) is 7. The number of aryl methyl sites for hydroxylation is 4. The molecule has 4 aromatic rings. The second-order valence-corrected chi connectivity index (χ2v) is 8.68. The van der Waals surface area contributed by atoms with Crippen LogP contribution in [0.5, 0.6) is 5.88 Å². The Kier molecular flexibility index (Phi) is 5.49. The normalized spacial score (nSPS) is 13.5. The van der Waals surface area contributed by atoms with Crippen LogP contribution in [-0.2, 0) is 27.1 Å². The van der Waals surface area contributed by atoms with Crippen molar-refractivity contribution in [1.82, 2.24) is 29.5 Å². The summed E-state index contributed by atoms with van der Waals surface area (Å²) in [6.07, 6.45) is -1.87. The highest BCUT2D eigenvalue weighted by molar-refractivity contribution is 5.97. The van der Waals surface area contributed by atoms with Crippen LogP contribution < -0.4 is 9.64 Å². The predicted molar refractivity (Wildman–Crippen MR) is 126 cm³/mol.